The molecule has 0 fully saturated rings. The quantitative estimate of drug-likeness (QED) is 0.259. The van der Waals surface area contributed by atoms with Crippen LogP contribution in [0, 0.1) is 0 Å². The summed E-state index contributed by atoms with van der Waals surface area (Å²) in [6.07, 6.45) is 1.70. The van der Waals surface area contributed by atoms with E-state index in [4.69, 9.17) is 32.7 Å². The van der Waals surface area contributed by atoms with Gasteiger partial charge in [-0.3, -0.25) is 4.79 Å². The van der Waals surface area contributed by atoms with E-state index >= 15 is 0 Å². The number of hydrogen-bond acceptors (Lipinski definition) is 6. The van der Waals surface area contributed by atoms with E-state index in [1.165, 1.54) is 18.4 Å². The summed E-state index contributed by atoms with van der Waals surface area (Å²) in [5, 5.41) is 0.677. The molecule has 0 amide bonds. The Hall–Kier alpha value is -3.39. The zero-order valence-electron chi connectivity index (χ0n) is 17.0. The van der Waals surface area contributed by atoms with Crippen LogP contribution in [0.4, 0.5) is 0 Å². The number of rotatable bonds is 4. The number of ether oxygens (including phenoxy) is 2. The predicted octanol–water partition coefficient (Wildman–Crippen LogP) is 4.99. The highest BCUT2D eigenvalue weighted by molar-refractivity contribution is 7.15. The molecule has 2 heterocycles. The first-order chi connectivity index (χ1) is 15.9. The number of nitrogens with zero attached hydrogens (tertiary/aromatic N) is 2. The molecule has 9 heteroatoms. The van der Waals surface area contributed by atoms with Crippen LogP contribution < -0.4 is 19.6 Å². The molecule has 0 unspecified atom stereocenters. The van der Waals surface area contributed by atoms with Gasteiger partial charge in [-0.2, -0.15) is 0 Å². The number of esters is 1. The van der Waals surface area contributed by atoms with E-state index in [1.807, 2.05) is 24.3 Å². The monoisotopic (exact) mass is 496 g/mol. The minimum atomic E-state index is -0.600. The van der Waals surface area contributed by atoms with E-state index in [0.29, 0.717) is 25.6 Å². The number of carbonyl (C=O) groups excluding carboxylic acids is 1. The van der Waals surface area contributed by atoms with Crippen LogP contribution in [0.5, 0.6) is 11.5 Å². The number of methoxy groups -OCH3 is 1. The van der Waals surface area contributed by atoms with Crippen molar-refractivity contribution in [2.45, 2.75) is 0 Å². The van der Waals surface area contributed by atoms with Crippen LogP contribution >= 0.6 is 34.5 Å². The first-order valence-electron chi connectivity index (χ1n) is 9.71. The van der Waals surface area contributed by atoms with Crippen molar-refractivity contribution in [1.82, 2.24) is 9.38 Å². The van der Waals surface area contributed by atoms with Gasteiger partial charge in [0.1, 0.15) is 0 Å². The zero-order valence-corrected chi connectivity index (χ0v) is 19.4. The van der Waals surface area contributed by atoms with Crippen molar-refractivity contribution < 1.29 is 14.3 Å². The van der Waals surface area contributed by atoms with Crippen LogP contribution in [0.15, 0.2) is 65.5 Å². The van der Waals surface area contributed by atoms with Gasteiger partial charge in [-0.25, -0.2) is 14.2 Å². The third-order valence-electron chi connectivity index (χ3n) is 4.97. The number of imidazole rings is 1. The Balaban J connectivity index is 1.54. The highest BCUT2D eigenvalue weighted by Crippen LogP contribution is 2.37. The van der Waals surface area contributed by atoms with Crippen LogP contribution in [0.1, 0.15) is 15.9 Å². The molecule has 0 radical (unpaired) electrons. The number of halogens is 2. The van der Waals surface area contributed by atoms with E-state index in [-0.39, 0.29) is 22.1 Å². The molecule has 0 saturated carbocycles. The second-order valence-corrected chi connectivity index (χ2v) is 8.92. The third-order valence-corrected chi connectivity index (χ3v) is 6.47. The van der Waals surface area contributed by atoms with Crippen molar-refractivity contribution in [2.75, 3.05) is 7.11 Å². The molecule has 0 N–H and O–H groups in total. The van der Waals surface area contributed by atoms with Gasteiger partial charge in [-0.15, -0.1) is 0 Å². The van der Waals surface area contributed by atoms with E-state index in [2.05, 4.69) is 4.98 Å². The lowest BCUT2D eigenvalue weighted by molar-refractivity contribution is 0.0730. The highest BCUT2D eigenvalue weighted by Gasteiger charge is 2.17. The average Bonchev–Trinajstić information content (AvgIpc) is 3.31. The molecule has 33 heavy (non-hydrogen) atoms. The largest absolute Gasteiger partial charge is 0.493 e. The van der Waals surface area contributed by atoms with Crippen molar-refractivity contribution in [3.63, 3.8) is 0 Å². The van der Waals surface area contributed by atoms with Gasteiger partial charge in [0.15, 0.2) is 16.5 Å². The van der Waals surface area contributed by atoms with Gasteiger partial charge in [0.05, 0.1) is 33.3 Å². The standard InChI is InChI=1S/C24H14Cl2N2O4S/c1-31-19-11-13(10-16(26)21(19)32-23(30)14-6-8-15(25)9-7-14)12-20-22(29)28-18-5-3-2-4-17(18)27-24(28)33-20/h2-12H,1H3/b20-12-. The van der Waals surface area contributed by atoms with Crippen LogP contribution in [-0.2, 0) is 0 Å². The van der Waals surface area contributed by atoms with Gasteiger partial charge < -0.3 is 9.47 Å². The van der Waals surface area contributed by atoms with Crippen molar-refractivity contribution in [3.05, 3.63) is 96.7 Å². The van der Waals surface area contributed by atoms with Gasteiger partial charge in [-0.1, -0.05) is 46.7 Å². The number of thiazole rings is 1. The number of hydrogen-bond donors (Lipinski definition) is 0. The molecule has 0 aliphatic heterocycles. The maximum atomic E-state index is 13.0. The first kappa shape index (κ1) is 21.5. The Kier molecular flexibility index (Phi) is 5.54. The van der Waals surface area contributed by atoms with E-state index in [9.17, 15) is 9.59 Å². The van der Waals surface area contributed by atoms with Gasteiger partial charge in [-0.05, 0) is 60.2 Å². The summed E-state index contributed by atoms with van der Waals surface area (Å²) < 4.78 is 13.0. The Morgan fingerprint density at radius 2 is 1.85 bits per heavy atom. The molecule has 0 spiro atoms. The van der Waals surface area contributed by atoms with Crippen LogP contribution in [0.2, 0.25) is 10.0 Å². The Morgan fingerprint density at radius 1 is 1.09 bits per heavy atom. The number of aromatic nitrogens is 2. The molecule has 0 bridgehead atoms. The van der Waals surface area contributed by atoms with E-state index in [1.54, 1.807) is 46.9 Å². The van der Waals surface area contributed by atoms with Gasteiger partial charge in [0, 0.05) is 5.02 Å². The Bertz CT molecular complexity index is 1640. The third kappa shape index (κ3) is 3.95. The van der Waals surface area contributed by atoms with Gasteiger partial charge in [0.2, 0.25) is 0 Å². The SMILES string of the molecule is COc1cc(/C=c2\sc3nc4ccccc4n3c2=O)cc(Cl)c1OC(=O)c1ccc(Cl)cc1. The second-order valence-electron chi connectivity index (χ2n) is 7.06. The molecule has 5 aromatic rings. The maximum Gasteiger partial charge on any atom is 0.343 e. The summed E-state index contributed by atoms with van der Waals surface area (Å²) in [4.78, 5) is 30.6. The summed E-state index contributed by atoms with van der Waals surface area (Å²) >= 11 is 13.6. The minimum absolute atomic E-state index is 0.0885. The number of fused-ring (bicyclic) bond motifs is 3. The van der Waals surface area contributed by atoms with E-state index in [0.717, 1.165) is 11.0 Å². The summed E-state index contributed by atoms with van der Waals surface area (Å²) in [6.45, 7) is 0. The molecular formula is C24H14Cl2N2O4S. The lowest BCUT2D eigenvalue weighted by Crippen LogP contribution is -2.22. The fourth-order valence-corrected chi connectivity index (χ4v) is 4.79. The normalized spacial score (nSPS) is 11.9. The molecule has 0 aliphatic rings. The second kappa shape index (κ2) is 8.51. The molecule has 0 aliphatic carbocycles. The first-order valence-corrected chi connectivity index (χ1v) is 11.3. The zero-order chi connectivity index (χ0) is 23.1. The predicted molar refractivity (Wildman–Crippen MR) is 130 cm³/mol. The molecular weight excluding hydrogens is 483 g/mol. The molecule has 5 rings (SSSR count). The lowest BCUT2D eigenvalue weighted by Gasteiger charge is -2.12. The average molecular weight is 497 g/mol. The fourth-order valence-electron chi connectivity index (χ4n) is 3.42. The highest BCUT2D eigenvalue weighted by atomic mass is 35.5. The Morgan fingerprint density at radius 3 is 2.61 bits per heavy atom. The number of para-hydroxylation sites is 2. The van der Waals surface area contributed by atoms with Gasteiger partial charge in [0.25, 0.3) is 5.56 Å². The molecule has 0 saturated heterocycles. The van der Waals surface area contributed by atoms with Crippen molar-refractivity contribution >= 4 is 62.6 Å². The molecule has 6 nitrogen and oxygen atoms in total. The minimum Gasteiger partial charge on any atom is -0.493 e. The fraction of sp³-hybridized carbons (Fsp3) is 0.0417. The van der Waals surface area contributed by atoms with Crippen molar-refractivity contribution in [1.29, 1.82) is 0 Å². The Labute approximate surface area is 201 Å². The number of benzene rings is 3. The summed E-state index contributed by atoms with van der Waals surface area (Å²) in [7, 11) is 1.44. The molecule has 164 valence electrons. The molecule has 3 aromatic carbocycles. The molecule has 0 atom stereocenters. The maximum absolute atomic E-state index is 13.0. The van der Waals surface area contributed by atoms with Crippen LogP contribution in [0.3, 0.4) is 0 Å². The van der Waals surface area contributed by atoms with Gasteiger partial charge >= 0.3 is 5.97 Å². The lowest BCUT2D eigenvalue weighted by atomic mass is 10.2. The van der Waals surface area contributed by atoms with Crippen molar-refractivity contribution in [2.24, 2.45) is 0 Å². The van der Waals surface area contributed by atoms with Crippen LogP contribution in [0.25, 0.3) is 22.1 Å². The number of carbonyl (C=O) groups is 1. The smallest absolute Gasteiger partial charge is 0.343 e. The topological polar surface area (TPSA) is 69.9 Å². The summed E-state index contributed by atoms with van der Waals surface area (Å²) in [6, 6.07) is 17.0. The summed E-state index contributed by atoms with van der Waals surface area (Å²) in [5.41, 5.74) is 2.29. The van der Waals surface area contributed by atoms with Crippen LogP contribution in [-0.4, -0.2) is 22.5 Å². The molecule has 2 aromatic heterocycles. The van der Waals surface area contributed by atoms with Crippen molar-refractivity contribution in [3.8, 4) is 11.5 Å². The summed E-state index contributed by atoms with van der Waals surface area (Å²) in [5.74, 6) is -0.252. The van der Waals surface area contributed by atoms with E-state index < -0.39 is 5.97 Å².